The van der Waals surface area contributed by atoms with Gasteiger partial charge in [0.1, 0.15) is 24.4 Å². The van der Waals surface area contributed by atoms with E-state index < -0.39 is 49.5 Å². The quantitative estimate of drug-likeness (QED) is 0.0332. The Kier molecular flexibility index (Phi) is 40.2. The van der Waals surface area contributed by atoms with Gasteiger partial charge < -0.3 is 40.3 Å². The van der Waals surface area contributed by atoms with Gasteiger partial charge >= 0.3 is 0 Å². The van der Waals surface area contributed by atoms with E-state index in [1.807, 2.05) is 0 Å². The Bertz CT molecular complexity index is 908. The summed E-state index contributed by atoms with van der Waals surface area (Å²) >= 11 is 0. The third-order valence-electron chi connectivity index (χ3n) is 13.0. The lowest BCUT2D eigenvalue weighted by Gasteiger charge is -2.40. The summed E-state index contributed by atoms with van der Waals surface area (Å²) in [6.45, 7) is 3.83. The predicted octanol–water partition coefficient (Wildman–Crippen LogP) is 11.9. The van der Waals surface area contributed by atoms with Gasteiger partial charge in [-0.1, -0.05) is 245 Å². The van der Waals surface area contributed by atoms with Gasteiger partial charge in [0.25, 0.3) is 0 Å². The second kappa shape index (κ2) is 42.2. The van der Waals surface area contributed by atoms with E-state index in [1.54, 1.807) is 0 Å². The summed E-state index contributed by atoms with van der Waals surface area (Å²) in [5.41, 5.74) is 0. The molecule has 0 spiro atoms. The summed E-state index contributed by atoms with van der Waals surface area (Å²) in [5, 5.41) is 54.4. The molecule has 1 fully saturated rings. The average Bonchev–Trinajstić information content (AvgIpc) is 3.25. The molecule has 7 atom stereocenters. The summed E-state index contributed by atoms with van der Waals surface area (Å²) in [6.07, 6.45) is 41.5. The van der Waals surface area contributed by atoms with E-state index in [0.717, 1.165) is 38.5 Å². The molecular weight excluding hydrogens is 755 g/mol. The number of carbonyl (C=O) groups excluding carboxylic acids is 1. The van der Waals surface area contributed by atoms with E-state index in [1.165, 1.54) is 199 Å². The molecular formula is C51H101NO8. The zero-order valence-corrected chi connectivity index (χ0v) is 39.5. The highest BCUT2D eigenvalue weighted by atomic mass is 16.7. The molecule has 0 aromatic rings. The van der Waals surface area contributed by atoms with Crippen LogP contribution in [-0.2, 0) is 14.3 Å². The maximum atomic E-state index is 12.9. The molecule has 6 N–H and O–H groups in total. The summed E-state index contributed by atoms with van der Waals surface area (Å²) < 4.78 is 11.3. The summed E-state index contributed by atoms with van der Waals surface area (Å²) in [5.74, 6) is -0.144. The Morgan fingerprint density at radius 3 is 1.18 bits per heavy atom. The van der Waals surface area contributed by atoms with Gasteiger partial charge in [0.05, 0.1) is 25.4 Å². The maximum Gasteiger partial charge on any atom is 0.220 e. The third kappa shape index (κ3) is 31.9. The van der Waals surface area contributed by atoms with Crippen LogP contribution in [0.4, 0.5) is 0 Å². The number of rotatable bonds is 45. The SMILES string of the molecule is CCCCCCCCCCCCCCCCCCCCCCCCCCCCCCC(O)C(COC1OC(CO)C(O)C(O)C1O)NC(=O)CCCCCCCCCCC. The van der Waals surface area contributed by atoms with Gasteiger partial charge in [0.15, 0.2) is 6.29 Å². The predicted molar refractivity (Wildman–Crippen MR) is 249 cm³/mol. The number of nitrogens with one attached hydrogen (secondary N) is 1. The Morgan fingerprint density at radius 1 is 0.500 bits per heavy atom. The number of hydrogen-bond donors (Lipinski definition) is 6. The fourth-order valence-electron chi connectivity index (χ4n) is 8.75. The molecule has 0 aromatic heterocycles. The van der Waals surface area contributed by atoms with Crippen LogP contribution < -0.4 is 5.32 Å². The molecule has 1 rings (SSSR count). The van der Waals surface area contributed by atoms with Crippen molar-refractivity contribution in [2.24, 2.45) is 0 Å². The van der Waals surface area contributed by atoms with Crippen LogP contribution >= 0.6 is 0 Å². The number of carbonyl (C=O) groups is 1. The van der Waals surface area contributed by atoms with Crippen molar-refractivity contribution in [1.29, 1.82) is 0 Å². The summed E-state index contributed by atoms with van der Waals surface area (Å²) in [7, 11) is 0. The minimum atomic E-state index is -1.55. The van der Waals surface area contributed by atoms with Crippen LogP contribution in [0.15, 0.2) is 0 Å². The molecule has 1 aliphatic heterocycles. The molecule has 1 heterocycles. The van der Waals surface area contributed by atoms with Crippen molar-refractivity contribution in [3.8, 4) is 0 Å². The number of hydrogen-bond acceptors (Lipinski definition) is 8. The van der Waals surface area contributed by atoms with E-state index in [9.17, 15) is 30.3 Å². The Morgan fingerprint density at radius 2 is 0.833 bits per heavy atom. The monoisotopic (exact) mass is 856 g/mol. The van der Waals surface area contributed by atoms with Crippen LogP contribution in [0.2, 0.25) is 0 Å². The van der Waals surface area contributed by atoms with Gasteiger partial charge in [-0.2, -0.15) is 0 Å². The zero-order valence-electron chi connectivity index (χ0n) is 39.5. The molecule has 1 aliphatic rings. The normalized spacial score (nSPS) is 20.4. The average molecular weight is 856 g/mol. The van der Waals surface area contributed by atoms with E-state index in [-0.39, 0.29) is 12.5 Å². The maximum absolute atomic E-state index is 12.9. The third-order valence-corrected chi connectivity index (χ3v) is 13.0. The van der Waals surface area contributed by atoms with Crippen LogP contribution in [0.5, 0.6) is 0 Å². The summed E-state index contributed by atoms with van der Waals surface area (Å²) in [4.78, 5) is 12.9. The van der Waals surface area contributed by atoms with Crippen molar-refractivity contribution in [2.45, 2.75) is 307 Å². The lowest BCUT2D eigenvalue weighted by molar-refractivity contribution is -0.302. The Hall–Kier alpha value is -0.810. The van der Waals surface area contributed by atoms with Crippen LogP contribution in [0.1, 0.15) is 264 Å². The van der Waals surface area contributed by atoms with Gasteiger partial charge in [-0.3, -0.25) is 4.79 Å². The van der Waals surface area contributed by atoms with Crippen molar-refractivity contribution in [3.63, 3.8) is 0 Å². The number of aliphatic hydroxyl groups is 5. The van der Waals surface area contributed by atoms with Gasteiger partial charge in [-0.25, -0.2) is 0 Å². The van der Waals surface area contributed by atoms with Crippen LogP contribution in [0.3, 0.4) is 0 Å². The van der Waals surface area contributed by atoms with Gasteiger partial charge in [-0.15, -0.1) is 0 Å². The standard InChI is InChI=1S/C51H101NO8/c1-3-5-7-9-11-13-14-15-16-17-18-19-20-21-22-23-24-25-26-27-28-29-30-31-33-34-36-38-40-45(54)44(43-59-51-50(58)49(57)48(56)46(42-53)60-51)52-47(55)41-39-37-35-32-12-10-8-6-4-2/h44-46,48-51,53-54,56-58H,3-43H2,1-2H3,(H,52,55). The lowest BCUT2D eigenvalue weighted by Crippen LogP contribution is -2.60. The minimum absolute atomic E-state index is 0.132. The zero-order chi connectivity index (χ0) is 43.7. The first-order valence-corrected chi connectivity index (χ1v) is 26.2. The Balaban J connectivity index is 2.12. The largest absolute Gasteiger partial charge is 0.394 e. The van der Waals surface area contributed by atoms with Gasteiger partial charge in [-0.05, 0) is 12.8 Å². The second-order valence-electron chi connectivity index (χ2n) is 18.7. The molecule has 0 bridgehead atoms. The number of unbranched alkanes of at least 4 members (excludes halogenated alkanes) is 35. The van der Waals surface area contributed by atoms with Crippen molar-refractivity contribution in [2.75, 3.05) is 13.2 Å². The summed E-state index contributed by atoms with van der Waals surface area (Å²) in [6, 6.07) is -0.711. The van der Waals surface area contributed by atoms with Crippen molar-refractivity contribution in [3.05, 3.63) is 0 Å². The first-order chi connectivity index (χ1) is 29.3. The highest BCUT2D eigenvalue weighted by molar-refractivity contribution is 5.76. The molecule has 60 heavy (non-hydrogen) atoms. The van der Waals surface area contributed by atoms with Crippen LogP contribution in [-0.4, -0.2) is 87.5 Å². The molecule has 1 saturated heterocycles. The van der Waals surface area contributed by atoms with E-state index in [0.29, 0.717) is 12.8 Å². The smallest absolute Gasteiger partial charge is 0.220 e. The molecule has 9 nitrogen and oxygen atoms in total. The fourth-order valence-corrected chi connectivity index (χ4v) is 8.75. The molecule has 0 radical (unpaired) electrons. The number of ether oxygens (including phenoxy) is 2. The first kappa shape index (κ1) is 57.2. The van der Waals surface area contributed by atoms with Gasteiger partial charge in [0, 0.05) is 6.42 Å². The van der Waals surface area contributed by atoms with Crippen LogP contribution in [0.25, 0.3) is 0 Å². The molecule has 0 saturated carbocycles. The molecule has 1 amide bonds. The Labute approximate surface area is 370 Å². The van der Waals surface area contributed by atoms with Crippen molar-refractivity contribution in [1.82, 2.24) is 5.32 Å². The number of aliphatic hydroxyl groups excluding tert-OH is 5. The molecule has 7 unspecified atom stereocenters. The first-order valence-electron chi connectivity index (χ1n) is 26.2. The second-order valence-corrected chi connectivity index (χ2v) is 18.7. The van der Waals surface area contributed by atoms with Crippen molar-refractivity contribution >= 4 is 5.91 Å². The lowest BCUT2D eigenvalue weighted by atomic mass is 9.99. The van der Waals surface area contributed by atoms with Crippen LogP contribution in [0, 0.1) is 0 Å². The van der Waals surface area contributed by atoms with Gasteiger partial charge in [0.2, 0.25) is 5.91 Å². The topological polar surface area (TPSA) is 149 Å². The highest BCUT2D eigenvalue weighted by Gasteiger charge is 2.44. The minimum Gasteiger partial charge on any atom is -0.394 e. The molecule has 0 aromatic carbocycles. The van der Waals surface area contributed by atoms with Crippen molar-refractivity contribution < 1.29 is 39.8 Å². The number of amides is 1. The molecule has 0 aliphatic carbocycles. The fraction of sp³-hybridized carbons (Fsp3) is 0.980. The van der Waals surface area contributed by atoms with E-state index >= 15 is 0 Å². The highest BCUT2D eigenvalue weighted by Crippen LogP contribution is 2.23. The molecule has 9 heteroatoms. The molecule has 358 valence electrons. The van der Waals surface area contributed by atoms with E-state index in [4.69, 9.17) is 9.47 Å². The van der Waals surface area contributed by atoms with E-state index in [2.05, 4.69) is 19.2 Å².